The van der Waals surface area contributed by atoms with Crippen molar-refractivity contribution in [3.8, 4) is 0 Å². The Morgan fingerprint density at radius 3 is 2.93 bits per heavy atom. The molecule has 72 valence electrons. The number of aromatic nitrogens is 1. The molecule has 5 heteroatoms. The lowest BCUT2D eigenvalue weighted by atomic mass is 10.1. The summed E-state index contributed by atoms with van der Waals surface area (Å²) >= 11 is 0. The lowest BCUT2D eigenvalue weighted by Gasteiger charge is -2.14. The quantitative estimate of drug-likeness (QED) is 0.578. The zero-order valence-electron chi connectivity index (χ0n) is 7.41. The highest BCUT2D eigenvalue weighted by Crippen LogP contribution is 2.12. The Balaban J connectivity index is 2.49. The molecule has 0 radical (unpaired) electrons. The van der Waals surface area contributed by atoms with Gasteiger partial charge in [0.25, 0.3) is 5.91 Å². The van der Waals surface area contributed by atoms with Crippen molar-refractivity contribution in [1.82, 2.24) is 10.3 Å². The van der Waals surface area contributed by atoms with Crippen LogP contribution in [0.1, 0.15) is 21.7 Å². The summed E-state index contributed by atoms with van der Waals surface area (Å²) in [5.41, 5.74) is 7.07. The predicted molar refractivity (Wildman–Crippen MR) is 48.3 cm³/mol. The number of pyridine rings is 1. The molecule has 0 aromatic carbocycles. The summed E-state index contributed by atoms with van der Waals surface area (Å²) in [6.07, 6.45) is 0.148. The molecule has 5 nitrogen and oxygen atoms in total. The van der Waals surface area contributed by atoms with Crippen LogP contribution < -0.4 is 11.1 Å². The second kappa shape index (κ2) is 3.19. The summed E-state index contributed by atoms with van der Waals surface area (Å²) in [7, 11) is 0. The maximum Gasteiger partial charge on any atom is 0.259 e. The third kappa shape index (κ3) is 1.38. The molecule has 0 saturated carbocycles. The number of carbonyl (C=O) groups excluding carboxylic acids is 2. The highest BCUT2D eigenvalue weighted by molar-refractivity contribution is 6.09. The minimum absolute atomic E-state index is 0.148. The Labute approximate surface area is 80.3 Å². The van der Waals surface area contributed by atoms with Crippen molar-refractivity contribution in [2.75, 3.05) is 0 Å². The van der Waals surface area contributed by atoms with E-state index < -0.39 is 0 Å². The molecule has 2 heterocycles. The Kier molecular flexibility index (Phi) is 2.01. The fraction of sp³-hybridized carbons (Fsp3) is 0.222. The minimum atomic E-state index is -0.382. The van der Waals surface area contributed by atoms with Gasteiger partial charge in [-0.25, -0.2) is 0 Å². The van der Waals surface area contributed by atoms with Crippen molar-refractivity contribution in [2.24, 2.45) is 5.73 Å². The van der Waals surface area contributed by atoms with Crippen molar-refractivity contribution in [1.29, 1.82) is 0 Å². The minimum Gasteiger partial charge on any atom is -0.325 e. The molecule has 1 aliphatic heterocycles. The van der Waals surface area contributed by atoms with Gasteiger partial charge in [0, 0.05) is 6.54 Å². The van der Waals surface area contributed by atoms with Crippen LogP contribution in [0, 0.1) is 0 Å². The van der Waals surface area contributed by atoms with E-state index in [1.54, 1.807) is 12.1 Å². The molecular weight excluding hydrogens is 182 g/mol. The van der Waals surface area contributed by atoms with Crippen LogP contribution in [0.4, 0.5) is 0 Å². The van der Waals surface area contributed by atoms with Crippen molar-refractivity contribution in [3.63, 3.8) is 0 Å². The molecular formula is C9H9N3O2. The van der Waals surface area contributed by atoms with Crippen LogP contribution in [0.25, 0.3) is 0 Å². The van der Waals surface area contributed by atoms with Gasteiger partial charge in [-0.2, -0.15) is 0 Å². The Morgan fingerprint density at radius 2 is 2.21 bits per heavy atom. The first kappa shape index (κ1) is 8.83. The molecule has 0 saturated heterocycles. The third-order valence-electron chi connectivity index (χ3n) is 2.07. The van der Waals surface area contributed by atoms with Crippen LogP contribution in [0.5, 0.6) is 0 Å². The molecule has 0 atom stereocenters. The molecule has 1 aromatic rings. The number of fused-ring (bicyclic) bond motifs is 1. The lowest BCUT2D eigenvalue weighted by molar-refractivity contribution is -0.119. The van der Waals surface area contributed by atoms with Crippen LogP contribution in [-0.4, -0.2) is 16.8 Å². The van der Waals surface area contributed by atoms with Gasteiger partial charge in [-0.1, -0.05) is 0 Å². The fourth-order valence-corrected chi connectivity index (χ4v) is 1.39. The molecule has 0 aliphatic carbocycles. The standard InChI is InChI=1S/C9H9N3O2/c10-4-5-1-2-6-7(11-5)3-8(13)12-9(6)14/h1-2H,3-4,10H2,(H,12,13,14). The van der Waals surface area contributed by atoms with Crippen LogP contribution in [0.3, 0.4) is 0 Å². The second-order valence-corrected chi connectivity index (χ2v) is 3.06. The van der Waals surface area contributed by atoms with Crippen LogP contribution in [0.2, 0.25) is 0 Å². The van der Waals surface area contributed by atoms with Gasteiger partial charge in [-0.3, -0.25) is 19.9 Å². The largest absolute Gasteiger partial charge is 0.325 e. The Morgan fingerprint density at radius 1 is 1.43 bits per heavy atom. The monoisotopic (exact) mass is 191 g/mol. The molecule has 0 spiro atoms. The van der Waals surface area contributed by atoms with E-state index in [0.717, 1.165) is 0 Å². The molecule has 0 unspecified atom stereocenters. The predicted octanol–water partition coefficient (Wildman–Crippen LogP) is -0.647. The molecule has 2 amide bonds. The molecule has 0 bridgehead atoms. The van der Waals surface area contributed by atoms with Crippen LogP contribution >= 0.6 is 0 Å². The zero-order valence-corrected chi connectivity index (χ0v) is 7.41. The highest BCUT2D eigenvalue weighted by Gasteiger charge is 2.23. The number of nitrogens with zero attached hydrogens (tertiary/aromatic N) is 1. The van der Waals surface area contributed by atoms with E-state index in [1.807, 2.05) is 0 Å². The normalized spacial score (nSPS) is 14.9. The molecule has 0 fully saturated rings. The molecule has 1 aliphatic rings. The average Bonchev–Trinajstić information content (AvgIpc) is 2.16. The third-order valence-corrected chi connectivity index (χ3v) is 2.07. The summed E-state index contributed by atoms with van der Waals surface area (Å²) in [4.78, 5) is 26.5. The summed E-state index contributed by atoms with van der Waals surface area (Å²) in [6, 6.07) is 3.33. The number of nitrogens with one attached hydrogen (secondary N) is 1. The van der Waals surface area contributed by atoms with Crippen molar-refractivity contribution in [2.45, 2.75) is 13.0 Å². The van der Waals surface area contributed by atoms with Gasteiger partial charge in [0.2, 0.25) is 5.91 Å². The van der Waals surface area contributed by atoms with E-state index >= 15 is 0 Å². The smallest absolute Gasteiger partial charge is 0.259 e. The number of amides is 2. The second-order valence-electron chi connectivity index (χ2n) is 3.06. The van der Waals surface area contributed by atoms with E-state index in [1.165, 1.54) is 0 Å². The first-order chi connectivity index (χ1) is 6.70. The van der Waals surface area contributed by atoms with Gasteiger partial charge in [0.05, 0.1) is 23.4 Å². The lowest BCUT2D eigenvalue weighted by Crippen LogP contribution is -2.37. The number of hydrogen-bond donors (Lipinski definition) is 2. The number of nitrogens with two attached hydrogens (primary N) is 1. The number of carbonyl (C=O) groups is 2. The van der Waals surface area contributed by atoms with E-state index in [9.17, 15) is 9.59 Å². The van der Waals surface area contributed by atoms with Crippen molar-refractivity contribution >= 4 is 11.8 Å². The highest BCUT2D eigenvalue weighted by atomic mass is 16.2. The van der Waals surface area contributed by atoms with Crippen molar-refractivity contribution < 1.29 is 9.59 Å². The van der Waals surface area contributed by atoms with E-state index in [0.29, 0.717) is 23.5 Å². The van der Waals surface area contributed by atoms with Gasteiger partial charge < -0.3 is 5.73 Å². The van der Waals surface area contributed by atoms with E-state index in [-0.39, 0.29) is 18.2 Å². The van der Waals surface area contributed by atoms with Crippen LogP contribution in [-0.2, 0) is 17.8 Å². The number of imide groups is 1. The maximum atomic E-state index is 11.3. The first-order valence-electron chi connectivity index (χ1n) is 4.24. The maximum absolute atomic E-state index is 11.3. The summed E-state index contributed by atoms with van der Waals surface area (Å²) < 4.78 is 0. The van der Waals surface area contributed by atoms with Gasteiger partial charge >= 0.3 is 0 Å². The number of hydrogen-bond acceptors (Lipinski definition) is 4. The summed E-state index contributed by atoms with van der Waals surface area (Å²) in [5, 5.41) is 2.22. The zero-order chi connectivity index (χ0) is 10.1. The van der Waals surface area contributed by atoms with Gasteiger partial charge in [0.15, 0.2) is 0 Å². The fourth-order valence-electron chi connectivity index (χ4n) is 1.39. The summed E-state index contributed by atoms with van der Waals surface area (Å²) in [5.74, 6) is -0.698. The topological polar surface area (TPSA) is 85.1 Å². The van der Waals surface area contributed by atoms with Crippen LogP contribution in [0.15, 0.2) is 12.1 Å². The molecule has 14 heavy (non-hydrogen) atoms. The first-order valence-corrected chi connectivity index (χ1v) is 4.24. The summed E-state index contributed by atoms with van der Waals surface area (Å²) in [6.45, 7) is 0.309. The molecule has 1 aromatic heterocycles. The Bertz CT molecular complexity index is 415. The number of rotatable bonds is 1. The molecule has 3 N–H and O–H groups in total. The van der Waals surface area contributed by atoms with Gasteiger partial charge in [0.1, 0.15) is 0 Å². The Hall–Kier alpha value is -1.75. The van der Waals surface area contributed by atoms with Gasteiger partial charge in [-0.15, -0.1) is 0 Å². The van der Waals surface area contributed by atoms with Gasteiger partial charge in [-0.05, 0) is 12.1 Å². The average molecular weight is 191 g/mol. The SMILES string of the molecule is NCc1ccc2c(n1)CC(=O)NC2=O. The van der Waals surface area contributed by atoms with E-state index in [2.05, 4.69) is 10.3 Å². The molecule has 2 rings (SSSR count). The van der Waals surface area contributed by atoms with Crippen molar-refractivity contribution in [3.05, 3.63) is 29.1 Å². The van der Waals surface area contributed by atoms with E-state index in [4.69, 9.17) is 5.73 Å².